The topological polar surface area (TPSA) is 58.2 Å². The molecule has 1 N–H and O–H groups in total. The Kier molecular flexibility index (Phi) is 4.60. The van der Waals surface area contributed by atoms with Gasteiger partial charge in [0.15, 0.2) is 6.10 Å². The highest BCUT2D eigenvalue weighted by Crippen LogP contribution is 2.24. The van der Waals surface area contributed by atoms with Gasteiger partial charge in [-0.05, 0) is 62.8 Å². The number of nitrogens with one attached hydrogen (secondary N) is 1. The molecule has 0 bridgehead atoms. The van der Waals surface area contributed by atoms with Crippen molar-refractivity contribution in [2.24, 2.45) is 0 Å². The molecule has 24 heavy (non-hydrogen) atoms. The maximum Gasteiger partial charge on any atom is 0.263 e. The average molecular weight is 327 g/mol. The van der Waals surface area contributed by atoms with Crippen LogP contribution in [0.3, 0.4) is 0 Å². The quantitative estimate of drug-likeness (QED) is 0.918. The fraction of sp³-hybridized carbons (Fsp3) is 0.474. The highest BCUT2D eigenvalue weighted by atomic mass is 16.5. The van der Waals surface area contributed by atoms with Crippen molar-refractivity contribution in [3.63, 3.8) is 0 Å². The Balaban J connectivity index is 1.65. The summed E-state index contributed by atoms with van der Waals surface area (Å²) in [5, 5.41) is 7.46. The van der Waals surface area contributed by atoms with E-state index in [1.54, 1.807) is 18.9 Å². The molecule has 1 heterocycles. The molecule has 5 heteroatoms. The number of aromatic nitrogens is 2. The van der Waals surface area contributed by atoms with Crippen LogP contribution in [0.4, 0.5) is 0 Å². The Hall–Kier alpha value is -2.30. The van der Waals surface area contributed by atoms with Crippen molar-refractivity contribution in [2.45, 2.75) is 52.7 Å². The van der Waals surface area contributed by atoms with E-state index >= 15 is 0 Å². The number of fused-ring (bicyclic) bond motifs is 1. The lowest BCUT2D eigenvalue weighted by Gasteiger charge is -2.22. The van der Waals surface area contributed by atoms with Gasteiger partial charge >= 0.3 is 0 Å². The van der Waals surface area contributed by atoms with E-state index in [1.165, 1.54) is 17.7 Å². The van der Waals surface area contributed by atoms with Crippen LogP contribution in [0.15, 0.2) is 18.2 Å². The normalized spacial score (nSPS) is 14.3. The molecule has 1 unspecified atom stereocenters. The third-order valence-electron chi connectivity index (χ3n) is 4.65. The summed E-state index contributed by atoms with van der Waals surface area (Å²) in [5.41, 5.74) is 5.66. The van der Waals surface area contributed by atoms with Crippen LogP contribution >= 0.6 is 0 Å². The van der Waals surface area contributed by atoms with Crippen LogP contribution in [-0.2, 0) is 24.2 Å². The molecule has 0 fully saturated rings. The van der Waals surface area contributed by atoms with Crippen molar-refractivity contribution in [2.75, 3.05) is 7.05 Å². The summed E-state index contributed by atoms with van der Waals surface area (Å²) in [6, 6.07) is 6.03. The fourth-order valence-corrected chi connectivity index (χ4v) is 3.21. The van der Waals surface area contributed by atoms with Crippen molar-refractivity contribution in [3.8, 4) is 5.75 Å². The minimum Gasteiger partial charge on any atom is -0.481 e. The number of hydrogen-bond acceptors (Lipinski definition) is 3. The van der Waals surface area contributed by atoms with Gasteiger partial charge in [-0.2, -0.15) is 5.10 Å². The Bertz CT molecular complexity index is 751. The Labute approximate surface area is 143 Å². The Morgan fingerprint density at radius 1 is 1.38 bits per heavy atom. The molecule has 1 aromatic heterocycles. The molecule has 0 spiro atoms. The molecular formula is C19H25N3O2. The second-order valence-corrected chi connectivity index (χ2v) is 6.70. The molecule has 2 aromatic rings. The third kappa shape index (κ3) is 3.30. The summed E-state index contributed by atoms with van der Waals surface area (Å²) in [5.74, 6) is 0.732. The minimum absolute atomic E-state index is 0.0364. The fourth-order valence-electron chi connectivity index (χ4n) is 3.21. The molecule has 1 aliphatic rings. The second kappa shape index (κ2) is 6.67. The number of ether oxygens (including phenoxy) is 1. The van der Waals surface area contributed by atoms with Gasteiger partial charge in [0.2, 0.25) is 0 Å². The number of carbonyl (C=O) groups is 1. The molecule has 1 amide bonds. The van der Waals surface area contributed by atoms with Crippen LogP contribution in [0, 0.1) is 13.8 Å². The highest BCUT2D eigenvalue weighted by Gasteiger charge is 2.24. The van der Waals surface area contributed by atoms with Crippen molar-refractivity contribution >= 4 is 5.91 Å². The number of H-pyrrole nitrogens is 1. The molecule has 5 nitrogen and oxygen atoms in total. The third-order valence-corrected chi connectivity index (χ3v) is 4.65. The number of rotatable bonds is 5. The van der Waals surface area contributed by atoms with Crippen LogP contribution in [-0.4, -0.2) is 34.2 Å². The van der Waals surface area contributed by atoms with Crippen LogP contribution in [0.1, 0.15) is 41.4 Å². The second-order valence-electron chi connectivity index (χ2n) is 6.70. The molecule has 1 atom stereocenters. The lowest BCUT2D eigenvalue weighted by molar-refractivity contribution is -0.137. The molecule has 0 radical (unpaired) electrons. The summed E-state index contributed by atoms with van der Waals surface area (Å²) < 4.78 is 5.90. The van der Waals surface area contributed by atoms with Crippen LogP contribution in [0.2, 0.25) is 0 Å². The SMILES string of the molecule is Cc1ccc(C)c(OC(C)C(=O)N(C)Cc2n[nH]c3c2CCC3)c1. The number of aryl methyl sites for hydroxylation is 3. The molecule has 0 aliphatic heterocycles. The Morgan fingerprint density at radius 2 is 2.17 bits per heavy atom. The van der Waals surface area contributed by atoms with Crippen molar-refractivity contribution in [1.82, 2.24) is 15.1 Å². The zero-order valence-electron chi connectivity index (χ0n) is 14.8. The molecule has 128 valence electrons. The predicted molar refractivity (Wildman–Crippen MR) is 93.1 cm³/mol. The average Bonchev–Trinajstić information content (AvgIpc) is 3.15. The van der Waals surface area contributed by atoms with E-state index in [-0.39, 0.29) is 5.91 Å². The lowest BCUT2D eigenvalue weighted by Crippen LogP contribution is -2.37. The van der Waals surface area contributed by atoms with Crippen LogP contribution in [0.25, 0.3) is 0 Å². The summed E-state index contributed by atoms with van der Waals surface area (Å²) in [4.78, 5) is 14.3. The van der Waals surface area contributed by atoms with Gasteiger partial charge in [0.05, 0.1) is 12.2 Å². The molecule has 0 saturated carbocycles. The van der Waals surface area contributed by atoms with Gasteiger partial charge in [-0.15, -0.1) is 0 Å². The van der Waals surface area contributed by atoms with Crippen molar-refractivity contribution < 1.29 is 9.53 Å². The van der Waals surface area contributed by atoms with Crippen LogP contribution < -0.4 is 4.74 Å². The maximum atomic E-state index is 12.6. The largest absolute Gasteiger partial charge is 0.481 e. The molecular weight excluding hydrogens is 302 g/mol. The lowest BCUT2D eigenvalue weighted by atomic mass is 10.1. The molecule has 0 saturated heterocycles. The van der Waals surface area contributed by atoms with Gasteiger partial charge in [0.1, 0.15) is 5.75 Å². The van der Waals surface area contributed by atoms with E-state index in [4.69, 9.17) is 4.74 Å². The number of benzene rings is 1. The standard InChI is InChI=1S/C19H25N3O2/c1-12-8-9-13(2)18(10-12)24-14(3)19(23)22(4)11-17-15-6-5-7-16(15)20-21-17/h8-10,14H,5-7,11H2,1-4H3,(H,20,21). The van der Waals surface area contributed by atoms with Gasteiger partial charge in [-0.25, -0.2) is 0 Å². The van der Waals surface area contributed by atoms with E-state index in [0.717, 1.165) is 35.4 Å². The molecule has 1 aromatic carbocycles. The number of likely N-dealkylation sites (N-methyl/N-ethyl adjacent to an activating group) is 1. The summed E-state index contributed by atoms with van der Waals surface area (Å²) in [7, 11) is 1.81. The van der Waals surface area contributed by atoms with E-state index in [2.05, 4.69) is 10.2 Å². The van der Waals surface area contributed by atoms with Gasteiger partial charge in [0.25, 0.3) is 5.91 Å². The summed E-state index contributed by atoms with van der Waals surface area (Å²) >= 11 is 0. The van der Waals surface area contributed by atoms with Gasteiger partial charge < -0.3 is 9.64 Å². The number of amides is 1. The highest BCUT2D eigenvalue weighted by molar-refractivity contribution is 5.80. The number of nitrogens with zero attached hydrogens (tertiary/aromatic N) is 2. The predicted octanol–water partition coefficient (Wildman–Crippen LogP) is 2.94. The summed E-state index contributed by atoms with van der Waals surface area (Å²) in [6.07, 6.45) is 2.76. The van der Waals surface area contributed by atoms with Crippen molar-refractivity contribution in [1.29, 1.82) is 0 Å². The number of aromatic amines is 1. The zero-order valence-corrected chi connectivity index (χ0v) is 14.8. The monoisotopic (exact) mass is 327 g/mol. The summed E-state index contributed by atoms with van der Waals surface area (Å²) in [6.45, 7) is 6.33. The van der Waals surface area contributed by atoms with E-state index in [9.17, 15) is 4.79 Å². The first kappa shape index (κ1) is 16.6. The first-order valence-electron chi connectivity index (χ1n) is 8.49. The van der Waals surface area contributed by atoms with E-state index in [0.29, 0.717) is 6.54 Å². The zero-order chi connectivity index (χ0) is 17.3. The maximum absolute atomic E-state index is 12.6. The minimum atomic E-state index is -0.525. The first-order chi connectivity index (χ1) is 11.5. The van der Waals surface area contributed by atoms with E-state index < -0.39 is 6.10 Å². The number of hydrogen-bond donors (Lipinski definition) is 1. The number of carbonyl (C=O) groups excluding carboxylic acids is 1. The first-order valence-corrected chi connectivity index (χ1v) is 8.49. The molecule has 3 rings (SSSR count). The van der Waals surface area contributed by atoms with Gasteiger partial charge in [-0.1, -0.05) is 12.1 Å². The molecule has 1 aliphatic carbocycles. The smallest absolute Gasteiger partial charge is 0.263 e. The van der Waals surface area contributed by atoms with Crippen molar-refractivity contribution in [3.05, 3.63) is 46.3 Å². The van der Waals surface area contributed by atoms with Crippen LogP contribution in [0.5, 0.6) is 5.75 Å². The Morgan fingerprint density at radius 3 is 2.96 bits per heavy atom. The van der Waals surface area contributed by atoms with Gasteiger partial charge in [-0.3, -0.25) is 9.89 Å². The van der Waals surface area contributed by atoms with E-state index in [1.807, 2.05) is 32.0 Å². The van der Waals surface area contributed by atoms with Gasteiger partial charge in [0, 0.05) is 12.7 Å².